The molecule has 17 nitrogen and oxygen atoms in total. The van der Waals surface area contributed by atoms with Gasteiger partial charge in [-0.25, -0.2) is 9.13 Å². The van der Waals surface area contributed by atoms with Crippen molar-refractivity contribution in [1.82, 2.24) is 0 Å². The van der Waals surface area contributed by atoms with Gasteiger partial charge in [0.15, 0.2) is 12.2 Å². The molecule has 3 N–H and O–H groups in total. The largest absolute Gasteiger partial charge is 0.472 e. The number of hydrogen-bond donors (Lipinski definition) is 3. The third kappa shape index (κ3) is 60.7. The zero-order valence-electron chi connectivity index (χ0n) is 58.1. The van der Waals surface area contributed by atoms with Crippen molar-refractivity contribution in [1.29, 1.82) is 0 Å². The molecule has 0 radical (unpaired) electrons. The number of esters is 4. The third-order valence-corrected chi connectivity index (χ3v) is 19.1. The van der Waals surface area contributed by atoms with Crippen LogP contribution in [0.5, 0.6) is 0 Å². The summed E-state index contributed by atoms with van der Waals surface area (Å²) in [6, 6.07) is 0. The van der Waals surface area contributed by atoms with E-state index < -0.39 is 97.5 Å². The first-order chi connectivity index (χ1) is 42.7. The Labute approximate surface area is 543 Å². The highest BCUT2D eigenvalue weighted by Gasteiger charge is 2.30. The van der Waals surface area contributed by atoms with E-state index in [9.17, 15) is 43.2 Å². The second kappa shape index (κ2) is 59.8. The molecule has 0 spiro atoms. The molecule has 19 heteroatoms. The summed E-state index contributed by atoms with van der Waals surface area (Å²) in [6.07, 6.45) is 41.9. The molecule has 0 aromatic rings. The molecule has 0 amide bonds. The molecular formula is C70H136O17P2. The van der Waals surface area contributed by atoms with Gasteiger partial charge in [0.2, 0.25) is 0 Å². The molecule has 0 saturated carbocycles. The van der Waals surface area contributed by atoms with Crippen molar-refractivity contribution in [2.75, 3.05) is 39.6 Å². The van der Waals surface area contributed by atoms with Crippen LogP contribution in [0.2, 0.25) is 0 Å². The summed E-state index contributed by atoms with van der Waals surface area (Å²) in [5.41, 5.74) is 0. The number of unbranched alkanes of at least 4 members (excludes halogenated alkanes) is 30. The molecule has 0 heterocycles. The van der Waals surface area contributed by atoms with Crippen molar-refractivity contribution in [2.45, 2.75) is 363 Å². The third-order valence-electron chi connectivity index (χ3n) is 17.2. The lowest BCUT2D eigenvalue weighted by atomic mass is 10.00. The molecule has 0 aliphatic carbocycles. The number of hydrogen-bond acceptors (Lipinski definition) is 15. The topological polar surface area (TPSA) is 237 Å². The lowest BCUT2D eigenvalue weighted by Gasteiger charge is -2.21. The van der Waals surface area contributed by atoms with Gasteiger partial charge < -0.3 is 33.8 Å². The van der Waals surface area contributed by atoms with E-state index in [-0.39, 0.29) is 25.7 Å². The van der Waals surface area contributed by atoms with Crippen LogP contribution >= 0.6 is 15.6 Å². The fraction of sp³-hybridized carbons (Fsp3) is 0.943. The minimum absolute atomic E-state index is 0.101. The second-order valence-electron chi connectivity index (χ2n) is 26.5. The standard InChI is InChI=1S/C70H136O17P2/c1-9-61(6)47-39-31-24-27-35-43-51-68(73)81-57-66(87-70(75)53-45-37-29-26-33-41-49-63(8)11-3)59-85-89(78,79)83-55-64(71)54-82-88(76,77)84-58-65(86-69(74)52-44-36-28-25-32-40-48-62(7)10-2)56-80-67(72)50-42-34-23-21-19-17-15-13-12-14-16-18-20-22-30-38-46-60(4)5/h60-66,71H,9-59H2,1-8H3,(H,76,77)(H,78,79)/t61?,62?,63?,64-,65-,66-/m1/s1. The SMILES string of the molecule is CCC(C)CCCCCCCCC(=O)OC[C@H](COP(=O)(O)OC[C@H](O)COP(=O)(O)OC[C@@H](COC(=O)CCCCCCCCCCCCCCCCCCC(C)C)OC(=O)CCCCCCCCC(C)CC)OC(=O)CCCCCCCCC(C)CC. The van der Waals surface area contributed by atoms with Crippen LogP contribution in [0.3, 0.4) is 0 Å². The Hall–Kier alpha value is -1.94. The molecule has 5 unspecified atom stereocenters. The second-order valence-corrected chi connectivity index (χ2v) is 29.4. The molecule has 8 atom stereocenters. The van der Waals surface area contributed by atoms with Gasteiger partial charge in [0.05, 0.1) is 26.4 Å². The average molecular weight is 1310 g/mol. The quantitative estimate of drug-likeness (QED) is 0.0222. The maximum atomic E-state index is 13.0. The van der Waals surface area contributed by atoms with Crippen LogP contribution in [0, 0.1) is 23.7 Å². The molecule has 0 fully saturated rings. The van der Waals surface area contributed by atoms with E-state index in [0.717, 1.165) is 120 Å². The lowest BCUT2D eigenvalue weighted by Crippen LogP contribution is -2.30. The van der Waals surface area contributed by atoms with Crippen molar-refractivity contribution >= 4 is 39.5 Å². The molecule has 89 heavy (non-hydrogen) atoms. The first kappa shape index (κ1) is 87.1. The molecule has 0 rings (SSSR count). The fourth-order valence-electron chi connectivity index (χ4n) is 10.4. The van der Waals surface area contributed by atoms with Crippen LogP contribution < -0.4 is 0 Å². The zero-order chi connectivity index (χ0) is 66.1. The van der Waals surface area contributed by atoms with Crippen LogP contribution in [-0.4, -0.2) is 96.7 Å². The van der Waals surface area contributed by atoms with Crippen LogP contribution in [0.4, 0.5) is 0 Å². The normalized spacial score (nSPS) is 15.2. The van der Waals surface area contributed by atoms with Crippen LogP contribution in [0.25, 0.3) is 0 Å². The Bertz CT molecular complexity index is 1770. The van der Waals surface area contributed by atoms with Gasteiger partial charge in [-0.1, -0.05) is 293 Å². The van der Waals surface area contributed by atoms with Crippen molar-refractivity contribution in [3.8, 4) is 0 Å². The highest BCUT2D eigenvalue weighted by atomic mass is 31.2. The number of aliphatic hydroxyl groups excluding tert-OH is 1. The highest BCUT2D eigenvalue weighted by Crippen LogP contribution is 2.45. The molecule has 0 aliphatic rings. The van der Waals surface area contributed by atoms with E-state index in [1.165, 1.54) is 141 Å². The number of ether oxygens (including phenoxy) is 4. The van der Waals surface area contributed by atoms with Gasteiger partial charge in [-0.15, -0.1) is 0 Å². The summed E-state index contributed by atoms with van der Waals surface area (Å²) < 4.78 is 68.2. The number of phosphoric acid groups is 2. The lowest BCUT2D eigenvalue weighted by molar-refractivity contribution is -0.161. The summed E-state index contributed by atoms with van der Waals surface area (Å²) in [6.45, 7) is 14.0. The summed E-state index contributed by atoms with van der Waals surface area (Å²) >= 11 is 0. The molecule has 0 aliphatic heterocycles. The monoisotopic (exact) mass is 1310 g/mol. The predicted molar refractivity (Wildman–Crippen MR) is 358 cm³/mol. The Kier molecular flexibility index (Phi) is 58.5. The summed E-state index contributed by atoms with van der Waals surface area (Å²) in [7, 11) is -9.90. The van der Waals surface area contributed by atoms with Gasteiger partial charge in [0, 0.05) is 25.7 Å². The van der Waals surface area contributed by atoms with Crippen LogP contribution in [-0.2, 0) is 65.4 Å². The van der Waals surface area contributed by atoms with Crippen molar-refractivity contribution < 1.29 is 80.2 Å². The Morgan fingerprint density at radius 3 is 0.798 bits per heavy atom. The molecule has 528 valence electrons. The number of rotatable bonds is 67. The average Bonchev–Trinajstić information content (AvgIpc) is 3.70. The first-order valence-corrected chi connectivity index (χ1v) is 39.3. The van der Waals surface area contributed by atoms with E-state index >= 15 is 0 Å². The van der Waals surface area contributed by atoms with E-state index in [1.54, 1.807) is 0 Å². The molecule has 0 aromatic heterocycles. The van der Waals surface area contributed by atoms with Crippen molar-refractivity contribution in [2.24, 2.45) is 23.7 Å². The van der Waals surface area contributed by atoms with E-state index in [4.69, 9.17) is 37.0 Å². The van der Waals surface area contributed by atoms with Gasteiger partial charge in [-0.05, 0) is 49.4 Å². The van der Waals surface area contributed by atoms with Gasteiger partial charge >= 0.3 is 39.5 Å². The van der Waals surface area contributed by atoms with E-state index in [1.807, 2.05) is 0 Å². The minimum atomic E-state index is -4.95. The fourth-order valence-corrected chi connectivity index (χ4v) is 12.0. The van der Waals surface area contributed by atoms with Crippen LogP contribution in [0.1, 0.15) is 344 Å². The maximum Gasteiger partial charge on any atom is 0.472 e. The summed E-state index contributed by atoms with van der Waals surface area (Å²) in [5, 5.41) is 10.6. The van der Waals surface area contributed by atoms with E-state index in [0.29, 0.717) is 25.7 Å². The Balaban J connectivity index is 5.17. The molecule has 0 aromatic carbocycles. The Morgan fingerprint density at radius 2 is 0.539 bits per heavy atom. The minimum Gasteiger partial charge on any atom is -0.462 e. The van der Waals surface area contributed by atoms with E-state index in [2.05, 4.69) is 55.4 Å². The van der Waals surface area contributed by atoms with Crippen molar-refractivity contribution in [3.63, 3.8) is 0 Å². The smallest absolute Gasteiger partial charge is 0.462 e. The number of phosphoric ester groups is 2. The molecule has 0 bridgehead atoms. The van der Waals surface area contributed by atoms with Crippen LogP contribution in [0.15, 0.2) is 0 Å². The van der Waals surface area contributed by atoms with Gasteiger partial charge in [0.25, 0.3) is 0 Å². The molecular weight excluding hydrogens is 1170 g/mol. The first-order valence-electron chi connectivity index (χ1n) is 36.3. The zero-order valence-corrected chi connectivity index (χ0v) is 59.8. The molecule has 0 saturated heterocycles. The van der Waals surface area contributed by atoms with Gasteiger partial charge in [-0.2, -0.15) is 0 Å². The Morgan fingerprint density at radius 1 is 0.315 bits per heavy atom. The van der Waals surface area contributed by atoms with Gasteiger partial charge in [-0.3, -0.25) is 37.3 Å². The summed E-state index contributed by atoms with van der Waals surface area (Å²) in [4.78, 5) is 72.4. The van der Waals surface area contributed by atoms with Crippen molar-refractivity contribution in [3.05, 3.63) is 0 Å². The highest BCUT2D eigenvalue weighted by molar-refractivity contribution is 7.47. The van der Waals surface area contributed by atoms with Gasteiger partial charge in [0.1, 0.15) is 19.3 Å². The summed E-state index contributed by atoms with van der Waals surface area (Å²) in [5.74, 6) is 0.847. The number of carbonyl (C=O) groups is 4. The number of carbonyl (C=O) groups excluding carboxylic acids is 4. The number of aliphatic hydroxyl groups is 1. The maximum absolute atomic E-state index is 13.0. The predicted octanol–water partition coefficient (Wildman–Crippen LogP) is 19.7.